The number of aryl methyl sites for hydroxylation is 1. The van der Waals surface area contributed by atoms with E-state index in [1.54, 1.807) is 29.7 Å². The normalized spacial score (nSPS) is 10.4. The van der Waals surface area contributed by atoms with Gasteiger partial charge in [-0.3, -0.25) is 0 Å². The van der Waals surface area contributed by atoms with Crippen LogP contribution in [-0.4, -0.2) is 21.0 Å². The molecule has 0 unspecified atom stereocenters. The molecule has 0 bridgehead atoms. The third kappa shape index (κ3) is 3.12. The number of rotatable bonds is 4. The Morgan fingerprint density at radius 3 is 2.64 bits per heavy atom. The molecule has 0 aliphatic carbocycles. The summed E-state index contributed by atoms with van der Waals surface area (Å²) in [7, 11) is 0. The van der Waals surface area contributed by atoms with Gasteiger partial charge in [0.15, 0.2) is 0 Å². The maximum Gasteiger partial charge on any atom is 0.335 e. The standard InChI is InChI=1S/C16H13N3O2S/c1-10-8-14(22-9-10)13-6-7-17-16(19-13)18-12-4-2-11(3-5-12)15(20)21/h2-9H,1H3,(H,20,21)(H,17,18,19). The SMILES string of the molecule is Cc1csc(-c2ccnc(Nc3ccc(C(=O)O)cc3)n2)c1. The summed E-state index contributed by atoms with van der Waals surface area (Å²) in [5, 5.41) is 14.0. The van der Waals surface area contributed by atoms with Gasteiger partial charge < -0.3 is 10.4 Å². The Labute approximate surface area is 131 Å². The summed E-state index contributed by atoms with van der Waals surface area (Å²) in [4.78, 5) is 20.6. The Kier molecular flexibility index (Phi) is 3.84. The third-order valence-electron chi connectivity index (χ3n) is 3.03. The lowest BCUT2D eigenvalue weighted by Crippen LogP contribution is -1.99. The number of nitrogens with one attached hydrogen (secondary N) is 1. The number of anilines is 2. The number of aromatic carboxylic acids is 1. The zero-order valence-corrected chi connectivity index (χ0v) is 12.6. The second-order valence-electron chi connectivity index (χ2n) is 4.76. The minimum Gasteiger partial charge on any atom is -0.478 e. The maximum atomic E-state index is 10.8. The van der Waals surface area contributed by atoms with Crippen LogP contribution in [0.25, 0.3) is 10.6 Å². The number of carbonyl (C=O) groups is 1. The van der Waals surface area contributed by atoms with Gasteiger partial charge in [0.25, 0.3) is 0 Å². The largest absolute Gasteiger partial charge is 0.478 e. The van der Waals surface area contributed by atoms with Gasteiger partial charge >= 0.3 is 5.97 Å². The molecule has 0 atom stereocenters. The van der Waals surface area contributed by atoms with E-state index >= 15 is 0 Å². The minimum absolute atomic E-state index is 0.245. The van der Waals surface area contributed by atoms with Crippen LogP contribution in [0.5, 0.6) is 0 Å². The lowest BCUT2D eigenvalue weighted by Gasteiger charge is -2.06. The first-order chi connectivity index (χ1) is 10.6. The number of aromatic nitrogens is 2. The Balaban J connectivity index is 1.82. The van der Waals surface area contributed by atoms with Crippen molar-refractivity contribution >= 4 is 28.9 Å². The molecule has 0 aliphatic rings. The fourth-order valence-corrected chi connectivity index (χ4v) is 2.82. The molecule has 3 rings (SSSR count). The summed E-state index contributed by atoms with van der Waals surface area (Å²) in [5.41, 5.74) is 3.05. The average Bonchev–Trinajstić information content (AvgIpc) is 2.95. The van der Waals surface area contributed by atoms with E-state index in [0.29, 0.717) is 5.95 Å². The zero-order valence-electron chi connectivity index (χ0n) is 11.8. The number of carboxylic acids is 1. The molecule has 22 heavy (non-hydrogen) atoms. The van der Waals surface area contributed by atoms with E-state index in [2.05, 4.69) is 26.7 Å². The highest BCUT2D eigenvalue weighted by Gasteiger charge is 2.06. The highest BCUT2D eigenvalue weighted by molar-refractivity contribution is 7.13. The molecular formula is C16H13N3O2S. The van der Waals surface area contributed by atoms with Gasteiger partial charge in [0.2, 0.25) is 5.95 Å². The molecule has 0 aliphatic heterocycles. The zero-order chi connectivity index (χ0) is 15.5. The molecular weight excluding hydrogens is 298 g/mol. The van der Waals surface area contributed by atoms with Gasteiger partial charge in [0.1, 0.15) is 0 Å². The van der Waals surface area contributed by atoms with E-state index in [9.17, 15) is 4.79 Å². The predicted molar refractivity (Wildman–Crippen MR) is 86.8 cm³/mol. The van der Waals surface area contributed by atoms with Crippen molar-refractivity contribution in [3.63, 3.8) is 0 Å². The first-order valence-electron chi connectivity index (χ1n) is 6.61. The van der Waals surface area contributed by atoms with Crippen LogP contribution in [0.2, 0.25) is 0 Å². The first-order valence-corrected chi connectivity index (χ1v) is 7.49. The molecule has 3 aromatic rings. The maximum absolute atomic E-state index is 10.8. The van der Waals surface area contributed by atoms with Crippen LogP contribution in [0.4, 0.5) is 11.6 Å². The summed E-state index contributed by atoms with van der Waals surface area (Å²) in [6, 6.07) is 10.4. The summed E-state index contributed by atoms with van der Waals surface area (Å²) in [5.74, 6) is -0.468. The van der Waals surface area contributed by atoms with Crippen molar-refractivity contribution in [2.24, 2.45) is 0 Å². The fourth-order valence-electron chi connectivity index (χ4n) is 1.95. The van der Waals surface area contributed by atoms with E-state index in [1.165, 1.54) is 17.7 Å². The van der Waals surface area contributed by atoms with Crippen molar-refractivity contribution in [2.75, 3.05) is 5.32 Å². The molecule has 1 aromatic carbocycles. The quantitative estimate of drug-likeness (QED) is 0.763. The summed E-state index contributed by atoms with van der Waals surface area (Å²) >= 11 is 1.64. The fraction of sp³-hybridized carbons (Fsp3) is 0.0625. The number of benzene rings is 1. The monoisotopic (exact) mass is 311 g/mol. The number of hydrogen-bond donors (Lipinski definition) is 2. The number of thiophene rings is 1. The van der Waals surface area contributed by atoms with Crippen molar-refractivity contribution in [2.45, 2.75) is 6.92 Å². The van der Waals surface area contributed by atoms with Crippen molar-refractivity contribution in [1.29, 1.82) is 0 Å². The number of carboxylic acid groups (broad SMARTS) is 1. The molecule has 5 nitrogen and oxygen atoms in total. The highest BCUT2D eigenvalue weighted by atomic mass is 32.1. The van der Waals surface area contributed by atoms with Gasteiger partial charge in [-0.2, -0.15) is 0 Å². The molecule has 0 radical (unpaired) electrons. The lowest BCUT2D eigenvalue weighted by molar-refractivity contribution is 0.0697. The Morgan fingerprint density at radius 1 is 1.23 bits per heavy atom. The van der Waals surface area contributed by atoms with Crippen LogP contribution < -0.4 is 5.32 Å². The van der Waals surface area contributed by atoms with Gasteiger partial charge in [-0.15, -0.1) is 11.3 Å². The van der Waals surface area contributed by atoms with E-state index in [1.807, 2.05) is 13.0 Å². The topological polar surface area (TPSA) is 75.1 Å². The molecule has 2 aromatic heterocycles. The summed E-state index contributed by atoms with van der Waals surface area (Å²) < 4.78 is 0. The van der Waals surface area contributed by atoms with Crippen molar-refractivity contribution in [3.05, 3.63) is 59.1 Å². The van der Waals surface area contributed by atoms with E-state index in [-0.39, 0.29) is 5.56 Å². The smallest absolute Gasteiger partial charge is 0.335 e. The van der Waals surface area contributed by atoms with Crippen LogP contribution in [0.3, 0.4) is 0 Å². The average molecular weight is 311 g/mol. The summed E-state index contributed by atoms with van der Waals surface area (Å²) in [6.45, 7) is 2.05. The van der Waals surface area contributed by atoms with E-state index in [0.717, 1.165) is 16.3 Å². The van der Waals surface area contributed by atoms with Gasteiger partial charge in [-0.25, -0.2) is 14.8 Å². The summed E-state index contributed by atoms with van der Waals surface area (Å²) in [6.07, 6.45) is 1.70. The van der Waals surface area contributed by atoms with E-state index in [4.69, 9.17) is 5.11 Å². The second kappa shape index (κ2) is 5.95. The highest BCUT2D eigenvalue weighted by Crippen LogP contribution is 2.26. The van der Waals surface area contributed by atoms with Crippen molar-refractivity contribution in [1.82, 2.24) is 9.97 Å². The lowest BCUT2D eigenvalue weighted by atomic mass is 10.2. The molecule has 0 saturated carbocycles. The number of hydrogen-bond acceptors (Lipinski definition) is 5. The molecule has 0 fully saturated rings. The predicted octanol–water partition coefficient (Wildman–Crippen LogP) is 3.96. The first kappa shape index (κ1) is 14.2. The van der Waals surface area contributed by atoms with Crippen LogP contribution in [-0.2, 0) is 0 Å². The van der Waals surface area contributed by atoms with E-state index < -0.39 is 5.97 Å². The molecule has 0 saturated heterocycles. The Bertz CT molecular complexity index is 812. The molecule has 0 amide bonds. The third-order valence-corrected chi connectivity index (χ3v) is 4.10. The minimum atomic E-state index is -0.946. The molecule has 2 N–H and O–H groups in total. The Morgan fingerprint density at radius 2 is 2.00 bits per heavy atom. The van der Waals surface area contributed by atoms with Crippen LogP contribution in [0.15, 0.2) is 48.0 Å². The molecule has 2 heterocycles. The number of nitrogens with zero attached hydrogens (tertiary/aromatic N) is 2. The molecule has 0 spiro atoms. The molecule has 110 valence electrons. The molecule has 6 heteroatoms. The van der Waals surface area contributed by atoms with Crippen molar-refractivity contribution in [3.8, 4) is 10.6 Å². The van der Waals surface area contributed by atoms with Crippen molar-refractivity contribution < 1.29 is 9.90 Å². The van der Waals surface area contributed by atoms with Crippen LogP contribution in [0.1, 0.15) is 15.9 Å². The van der Waals surface area contributed by atoms with Crippen LogP contribution in [0, 0.1) is 6.92 Å². The van der Waals surface area contributed by atoms with Gasteiger partial charge in [0.05, 0.1) is 16.1 Å². The Hall–Kier alpha value is -2.73. The van der Waals surface area contributed by atoms with Crippen LogP contribution >= 0.6 is 11.3 Å². The van der Waals surface area contributed by atoms with Gasteiger partial charge in [-0.1, -0.05) is 0 Å². The second-order valence-corrected chi connectivity index (χ2v) is 5.67. The van der Waals surface area contributed by atoms with Gasteiger partial charge in [0, 0.05) is 11.9 Å². The van der Waals surface area contributed by atoms with Gasteiger partial charge in [-0.05, 0) is 54.3 Å².